The average molecular weight is 306 g/mol. The average Bonchev–Trinajstić information content (AvgIpc) is 3.33. The lowest BCUT2D eigenvalue weighted by molar-refractivity contribution is 0.445. The molecule has 0 amide bonds. The number of benzene rings is 2. The van der Waals surface area contributed by atoms with Crippen molar-refractivity contribution in [3.8, 4) is 11.5 Å². The van der Waals surface area contributed by atoms with Crippen LogP contribution in [0, 0.1) is 11.5 Å². The molecule has 2 aromatic rings. The molecule has 1 nitrogen and oxygen atoms in total. The van der Waals surface area contributed by atoms with E-state index in [1.165, 1.54) is 10.4 Å². The summed E-state index contributed by atoms with van der Waals surface area (Å²) < 4.78 is 5.34. The summed E-state index contributed by atoms with van der Waals surface area (Å²) in [5.74, 6) is 3.39. The molecule has 0 bridgehead atoms. The van der Waals surface area contributed by atoms with Gasteiger partial charge < -0.3 is 4.74 Å². The van der Waals surface area contributed by atoms with Crippen molar-refractivity contribution in [2.24, 2.45) is 0 Å². The van der Waals surface area contributed by atoms with Crippen LogP contribution in [0.25, 0.3) is 0 Å². The van der Waals surface area contributed by atoms with E-state index in [1.54, 1.807) is 0 Å². The Bertz CT molecular complexity index is 646. The van der Waals surface area contributed by atoms with Crippen molar-refractivity contribution in [2.75, 3.05) is 6.61 Å². The molecule has 22 heavy (non-hydrogen) atoms. The lowest BCUT2D eigenvalue weighted by Gasteiger charge is -2.39. The van der Waals surface area contributed by atoms with Gasteiger partial charge in [0.05, 0.1) is 6.61 Å². The molecule has 2 aromatic carbocycles. The molecular formula is C20H22OSi. The Kier molecular flexibility index (Phi) is 3.95. The maximum atomic E-state index is 5.34. The molecule has 1 fully saturated rings. The third-order valence-corrected chi connectivity index (χ3v) is 9.46. The molecular weight excluding hydrogens is 284 g/mol. The second-order valence-corrected chi connectivity index (χ2v) is 11.2. The van der Waals surface area contributed by atoms with Crippen LogP contribution < -0.4 is 10.4 Å². The van der Waals surface area contributed by atoms with E-state index in [-0.39, 0.29) is 11.1 Å². The van der Waals surface area contributed by atoms with Gasteiger partial charge in [-0.15, -0.1) is 5.54 Å². The molecule has 0 saturated carbocycles. The molecule has 3 rings (SSSR count). The minimum Gasteiger partial charge on any atom is -0.359 e. The van der Waals surface area contributed by atoms with Gasteiger partial charge in [-0.05, 0) is 15.4 Å². The number of hydrogen-bond donors (Lipinski definition) is 0. The molecule has 0 radical (unpaired) electrons. The molecule has 1 saturated heterocycles. The van der Waals surface area contributed by atoms with Crippen molar-refractivity contribution < 1.29 is 4.74 Å². The van der Waals surface area contributed by atoms with Gasteiger partial charge in [0.15, 0.2) is 0 Å². The molecule has 2 heteroatoms. The Labute approximate surface area is 134 Å². The van der Waals surface area contributed by atoms with Crippen LogP contribution in [0.4, 0.5) is 0 Å². The number of ether oxygens (including phenoxy) is 1. The van der Waals surface area contributed by atoms with Gasteiger partial charge in [0.2, 0.25) is 8.07 Å². The van der Waals surface area contributed by atoms with E-state index in [0.717, 1.165) is 6.61 Å². The maximum Gasteiger partial charge on any atom is 0.204 e. The zero-order chi connectivity index (χ0) is 15.6. The molecule has 0 aliphatic carbocycles. The molecule has 1 unspecified atom stereocenters. The highest BCUT2D eigenvalue weighted by atomic mass is 28.3. The van der Waals surface area contributed by atoms with Crippen molar-refractivity contribution in [2.45, 2.75) is 31.9 Å². The first-order valence-corrected chi connectivity index (χ1v) is 9.79. The van der Waals surface area contributed by atoms with E-state index < -0.39 is 8.07 Å². The highest BCUT2D eigenvalue weighted by Gasteiger charge is 2.47. The smallest absolute Gasteiger partial charge is 0.204 e. The normalized spacial score (nSPS) is 17.5. The first kappa shape index (κ1) is 15.1. The monoisotopic (exact) mass is 306 g/mol. The lowest BCUT2D eigenvalue weighted by atomic mass is 10.2. The van der Waals surface area contributed by atoms with Crippen LogP contribution >= 0.6 is 0 Å². The third kappa shape index (κ3) is 2.75. The first-order valence-electron chi connectivity index (χ1n) is 7.79. The molecule has 1 atom stereocenters. The Morgan fingerprint density at radius 1 is 0.909 bits per heavy atom. The van der Waals surface area contributed by atoms with Gasteiger partial charge in [0.25, 0.3) is 0 Å². The summed E-state index contributed by atoms with van der Waals surface area (Å²) in [7, 11) is -2.21. The van der Waals surface area contributed by atoms with E-state index >= 15 is 0 Å². The molecule has 112 valence electrons. The molecule has 0 spiro atoms. The lowest BCUT2D eigenvalue weighted by Crippen LogP contribution is -2.63. The maximum absolute atomic E-state index is 5.34. The minimum atomic E-state index is -2.21. The largest absolute Gasteiger partial charge is 0.359 e. The zero-order valence-corrected chi connectivity index (χ0v) is 14.5. The molecule has 1 heterocycles. The molecule has 0 aromatic heterocycles. The van der Waals surface area contributed by atoms with Crippen LogP contribution in [0.15, 0.2) is 60.7 Å². The topological polar surface area (TPSA) is 12.5 Å². The van der Waals surface area contributed by atoms with Crippen molar-refractivity contribution in [1.29, 1.82) is 0 Å². The van der Waals surface area contributed by atoms with E-state index in [0.29, 0.717) is 0 Å². The number of rotatable bonds is 2. The Balaban J connectivity index is 2.26. The molecule has 1 aliphatic heterocycles. The summed E-state index contributed by atoms with van der Waals surface area (Å²) >= 11 is 0. The van der Waals surface area contributed by atoms with E-state index in [1.807, 2.05) is 0 Å². The summed E-state index contributed by atoms with van der Waals surface area (Å²) in [5.41, 5.74) is 3.73. The summed E-state index contributed by atoms with van der Waals surface area (Å²) in [6.45, 7) is 7.75. The van der Waals surface area contributed by atoms with Crippen molar-refractivity contribution >= 4 is 18.4 Å². The predicted octanol–water partition coefficient (Wildman–Crippen LogP) is 2.99. The van der Waals surface area contributed by atoms with Crippen LogP contribution in [0.2, 0.25) is 5.04 Å². The van der Waals surface area contributed by atoms with Gasteiger partial charge in [0.1, 0.15) is 6.10 Å². The van der Waals surface area contributed by atoms with Gasteiger partial charge >= 0.3 is 0 Å². The van der Waals surface area contributed by atoms with Crippen molar-refractivity contribution in [1.82, 2.24) is 0 Å². The summed E-state index contributed by atoms with van der Waals surface area (Å²) in [4.78, 5) is 0. The highest BCUT2D eigenvalue weighted by Crippen LogP contribution is 2.35. The van der Waals surface area contributed by atoms with Crippen molar-refractivity contribution in [3.63, 3.8) is 0 Å². The van der Waals surface area contributed by atoms with Crippen LogP contribution in [0.5, 0.6) is 0 Å². The summed E-state index contributed by atoms with van der Waals surface area (Å²) in [6, 6.07) is 21.6. The summed E-state index contributed by atoms with van der Waals surface area (Å²) in [5, 5.41) is 2.85. The van der Waals surface area contributed by atoms with Gasteiger partial charge in [0, 0.05) is 0 Å². The quantitative estimate of drug-likeness (QED) is 0.472. The first-order chi connectivity index (χ1) is 10.5. The zero-order valence-electron chi connectivity index (χ0n) is 13.5. The van der Waals surface area contributed by atoms with Crippen LogP contribution in [0.1, 0.15) is 20.8 Å². The SMILES string of the molecule is CC(C)(C)[Si](C#CC1CO1)(c1ccccc1)c1ccccc1. The van der Waals surface area contributed by atoms with Crippen molar-refractivity contribution in [3.05, 3.63) is 60.7 Å². The fourth-order valence-corrected chi connectivity index (χ4v) is 7.55. The second-order valence-electron chi connectivity index (χ2n) is 6.82. The molecule has 0 N–H and O–H groups in total. The van der Waals surface area contributed by atoms with Crippen LogP contribution in [0.3, 0.4) is 0 Å². The van der Waals surface area contributed by atoms with E-state index in [2.05, 4.69) is 92.9 Å². The fourth-order valence-electron chi connectivity index (χ4n) is 3.06. The Morgan fingerprint density at radius 2 is 1.36 bits per heavy atom. The van der Waals surface area contributed by atoms with Gasteiger partial charge in [-0.25, -0.2) is 0 Å². The predicted molar refractivity (Wildman–Crippen MR) is 95.1 cm³/mol. The number of hydrogen-bond acceptors (Lipinski definition) is 1. The van der Waals surface area contributed by atoms with Crippen LogP contribution in [-0.2, 0) is 4.74 Å². The Morgan fingerprint density at radius 3 is 1.73 bits per heavy atom. The fraction of sp³-hybridized carbons (Fsp3) is 0.300. The Hall–Kier alpha value is -1.82. The van der Waals surface area contributed by atoms with E-state index in [4.69, 9.17) is 4.74 Å². The summed E-state index contributed by atoms with van der Waals surface area (Å²) in [6.07, 6.45) is 0.140. The van der Waals surface area contributed by atoms with E-state index in [9.17, 15) is 0 Å². The molecule has 1 aliphatic rings. The van der Waals surface area contributed by atoms with Gasteiger partial charge in [-0.2, -0.15) is 0 Å². The highest BCUT2D eigenvalue weighted by molar-refractivity contribution is 7.10. The van der Waals surface area contributed by atoms with Gasteiger partial charge in [-0.3, -0.25) is 0 Å². The third-order valence-electron chi connectivity index (χ3n) is 4.29. The second kappa shape index (κ2) is 5.76. The standard InChI is InChI=1S/C20H22OSi/c1-20(2,3)22(15-14-17-16-21-17,18-10-6-4-7-11-18)19-12-8-5-9-13-19/h4-13,17H,16H2,1-3H3. The van der Waals surface area contributed by atoms with Crippen LogP contribution in [-0.4, -0.2) is 20.8 Å². The van der Waals surface area contributed by atoms with Gasteiger partial charge in [-0.1, -0.05) is 87.4 Å². The number of epoxide rings is 1. The minimum absolute atomic E-state index is 0.0948.